The fraction of sp³-hybridized carbons (Fsp3) is 0.500. The van der Waals surface area contributed by atoms with E-state index in [1.165, 1.54) is 11.3 Å². The fourth-order valence-corrected chi connectivity index (χ4v) is 3.39. The van der Waals surface area contributed by atoms with Crippen LogP contribution in [0.4, 0.5) is 0 Å². The van der Waals surface area contributed by atoms with Gasteiger partial charge in [-0.25, -0.2) is 4.98 Å². The number of hydrogen-bond acceptors (Lipinski definition) is 4. The minimum atomic E-state index is 0.363. The fourth-order valence-electron chi connectivity index (χ4n) is 3.39. The molecule has 0 bridgehead atoms. The van der Waals surface area contributed by atoms with Crippen LogP contribution in [0.2, 0.25) is 0 Å². The molecule has 2 N–H and O–H groups in total. The van der Waals surface area contributed by atoms with E-state index in [2.05, 4.69) is 66.9 Å². The van der Waals surface area contributed by atoms with Crippen LogP contribution in [0.25, 0.3) is 22.8 Å². The molecule has 3 aromatic rings. The molecule has 0 unspecified atom stereocenters. The number of aromatic nitrogens is 6. The van der Waals surface area contributed by atoms with Crippen molar-refractivity contribution in [1.82, 2.24) is 30.4 Å². The summed E-state index contributed by atoms with van der Waals surface area (Å²) in [5.74, 6) is 0.930. The number of nitrogens with one attached hydrogen (secondary N) is 2. The molecule has 0 amide bonds. The monoisotopic (exact) mass is 352 g/mol. The van der Waals surface area contributed by atoms with Gasteiger partial charge in [0.2, 0.25) is 0 Å². The number of aromatic amines is 2. The molecule has 3 heterocycles. The molecule has 0 aromatic carbocycles. The SMILES string of the molecule is CCc1[nH]nc(-c2cncc(-c3n[nH]c(CC(C)C)c3C(C)C)n2)c1C. The van der Waals surface area contributed by atoms with Crippen LogP contribution < -0.4 is 0 Å². The summed E-state index contributed by atoms with van der Waals surface area (Å²) in [5.41, 5.74) is 8.02. The van der Waals surface area contributed by atoms with Gasteiger partial charge in [-0.1, -0.05) is 34.6 Å². The van der Waals surface area contributed by atoms with Crippen molar-refractivity contribution in [3.05, 3.63) is 34.9 Å². The van der Waals surface area contributed by atoms with Crippen LogP contribution in [0.3, 0.4) is 0 Å². The number of hydrogen-bond donors (Lipinski definition) is 2. The largest absolute Gasteiger partial charge is 0.282 e. The maximum atomic E-state index is 4.83. The summed E-state index contributed by atoms with van der Waals surface area (Å²) >= 11 is 0. The van der Waals surface area contributed by atoms with Crippen molar-refractivity contribution >= 4 is 0 Å². The van der Waals surface area contributed by atoms with Crippen LogP contribution in [-0.4, -0.2) is 30.4 Å². The van der Waals surface area contributed by atoms with Gasteiger partial charge < -0.3 is 0 Å². The van der Waals surface area contributed by atoms with Gasteiger partial charge in [-0.3, -0.25) is 15.2 Å². The highest BCUT2D eigenvalue weighted by Gasteiger charge is 2.20. The van der Waals surface area contributed by atoms with E-state index in [4.69, 9.17) is 4.98 Å². The molecule has 138 valence electrons. The Hall–Kier alpha value is -2.50. The molecule has 3 rings (SSSR count). The van der Waals surface area contributed by atoms with Crippen LogP contribution in [0.15, 0.2) is 12.4 Å². The van der Waals surface area contributed by atoms with Gasteiger partial charge in [0.25, 0.3) is 0 Å². The molecular weight excluding hydrogens is 324 g/mol. The second-order valence-electron chi connectivity index (χ2n) is 7.54. The van der Waals surface area contributed by atoms with E-state index in [1.807, 2.05) is 0 Å². The van der Waals surface area contributed by atoms with Gasteiger partial charge in [-0.15, -0.1) is 0 Å². The third-order valence-electron chi connectivity index (χ3n) is 4.66. The van der Waals surface area contributed by atoms with Crippen molar-refractivity contribution in [3.8, 4) is 22.8 Å². The highest BCUT2D eigenvalue weighted by Crippen LogP contribution is 2.31. The maximum absolute atomic E-state index is 4.83. The molecule has 0 radical (unpaired) electrons. The highest BCUT2D eigenvalue weighted by molar-refractivity contribution is 5.65. The first-order valence-electron chi connectivity index (χ1n) is 9.36. The summed E-state index contributed by atoms with van der Waals surface area (Å²) < 4.78 is 0. The van der Waals surface area contributed by atoms with Gasteiger partial charge in [0, 0.05) is 17.0 Å². The summed E-state index contributed by atoms with van der Waals surface area (Å²) in [6.45, 7) is 13.0. The third kappa shape index (κ3) is 3.41. The van der Waals surface area contributed by atoms with Gasteiger partial charge in [0.05, 0.1) is 12.4 Å². The van der Waals surface area contributed by atoms with E-state index in [0.29, 0.717) is 11.8 Å². The molecule has 6 heteroatoms. The van der Waals surface area contributed by atoms with Crippen LogP contribution in [-0.2, 0) is 12.8 Å². The normalized spacial score (nSPS) is 11.7. The van der Waals surface area contributed by atoms with Gasteiger partial charge in [-0.2, -0.15) is 10.2 Å². The Morgan fingerprint density at radius 1 is 0.923 bits per heavy atom. The molecule has 26 heavy (non-hydrogen) atoms. The Kier molecular flexibility index (Phi) is 5.20. The number of nitrogens with zero attached hydrogens (tertiary/aromatic N) is 4. The van der Waals surface area contributed by atoms with Gasteiger partial charge in [0.1, 0.15) is 22.8 Å². The van der Waals surface area contributed by atoms with Crippen molar-refractivity contribution in [3.63, 3.8) is 0 Å². The lowest BCUT2D eigenvalue weighted by molar-refractivity contribution is 0.626. The topological polar surface area (TPSA) is 83.1 Å². The Balaban J connectivity index is 2.06. The van der Waals surface area contributed by atoms with Crippen molar-refractivity contribution in [1.29, 1.82) is 0 Å². The lowest BCUT2D eigenvalue weighted by atomic mass is 9.95. The number of H-pyrrole nitrogens is 2. The Morgan fingerprint density at radius 3 is 2.12 bits per heavy atom. The third-order valence-corrected chi connectivity index (χ3v) is 4.66. The van der Waals surface area contributed by atoms with E-state index in [0.717, 1.165) is 46.9 Å². The molecular formula is C20H28N6. The number of rotatable bonds is 6. The van der Waals surface area contributed by atoms with Crippen LogP contribution in [0.1, 0.15) is 63.1 Å². The first-order valence-corrected chi connectivity index (χ1v) is 9.36. The predicted molar refractivity (Wildman–Crippen MR) is 104 cm³/mol. The van der Waals surface area contributed by atoms with Gasteiger partial charge in [-0.05, 0) is 37.2 Å². The molecule has 0 saturated carbocycles. The van der Waals surface area contributed by atoms with E-state index < -0.39 is 0 Å². The Bertz CT molecular complexity index is 888. The standard InChI is InChI=1S/C20H28N6/c1-7-14-13(6)19(25-23-14)16-9-21-10-17(22-16)20-18(12(4)5)15(24-26-20)8-11(2)3/h9-12H,7-8H2,1-6H3,(H,23,25)(H,24,26). The summed E-state index contributed by atoms with van der Waals surface area (Å²) in [7, 11) is 0. The molecule has 0 aliphatic rings. The van der Waals surface area contributed by atoms with Crippen molar-refractivity contribution in [2.24, 2.45) is 5.92 Å². The summed E-state index contributed by atoms with van der Waals surface area (Å²) in [4.78, 5) is 9.24. The molecule has 0 atom stereocenters. The lowest BCUT2D eigenvalue weighted by Crippen LogP contribution is -2.01. The number of aryl methyl sites for hydroxylation is 1. The van der Waals surface area contributed by atoms with E-state index >= 15 is 0 Å². The quantitative estimate of drug-likeness (QED) is 0.686. The predicted octanol–water partition coefficient (Wildman–Crippen LogP) is 4.45. The van der Waals surface area contributed by atoms with E-state index in [9.17, 15) is 0 Å². The molecule has 0 spiro atoms. The first-order chi connectivity index (χ1) is 12.4. The van der Waals surface area contributed by atoms with Crippen LogP contribution in [0.5, 0.6) is 0 Å². The molecule has 0 aliphatic carbocycles. The average molecular weight is 352 g/mol. The van der Waals surface area contributed by atoms with Crippen LogP contribution in [0, 0.1) is 12.8 Å². The molecule has 0 fully saturated rings. The zero-order valence-corrected chi connectivity index (χ0v) is 16.5. The zero-order valence-electron chi connectivity index (χ0n) is 16.5. The van der Waals surface area contributed by atoms with Gasteiger partial charge in [0.15, 0.2) is 0 Å². The maximum Gasteiger partial charge on any atom is 0.116 e. The highest BCUT2D eigenvalue weighted by atomic mass is 15.1. The first kappa shape index (κ1) is 18.3. The van der Waals surface area contributed by atoms with Crippen molar-refractivity contribution in [2.75, 3.05) is 0 Å². The van der Waals surface area contributed by atoms with Crippen molar-refractivity contribution in [2.45, 2.75) is 60.3 Å². The summed E-state index contributed by atoms with van der Waals surface area (Å²) in [6, 6.07) is 0. The summed E-state index contributed by atoms with van der Waals surface area (Å²) in [5, 5.41) is 15.3. The van der Waals surface area contributed by atoms with Crippen LogP contribution >= 0.6 is 0 Å². The van der Waals surface area contributed by atoms with E-state index in [1.54, 1.807) is 12.4 Å². The minimum Gasteiger partial charge on any atom is -0.282 e. The van der Waals surface area contributed by atoms with Gasteiger partial charge >= 0.3 is 0 Å². The zero-order chi connectivity index (χ0) is 18.8. The second kappa shape index (κ2) is 7.40. The Morgan fingerprint density at radius 2 is 1.54 bits per heavy atom. The molecule has 3 aromatic heterocycles. The molecule has 6 nitrogen and oxygen atoms in total. The smallest absolute Gasteiger partial charge is 0.116 e. The summed E-state index contributed by atoms with van der Waals surface area (Å²) in [6.07, 6.45) is 5.45. The average Bonchev–Trinajstić information content (AvgIpc) is 3.18. The van der Waals surface area contributed by atoms with E-state index in [-0.39, 0.29) is 0 Å². The molecule has 0 saturated heterocycles. The van der Waals surface area contributed by atoms with Crippen molar-refractivity contribution < 1.29 is 0 Å². The Labute approximate surface area is 154 Å². The second-order valence-corrected chi connectivity index (χ2v) is 7.54. The lowest BCUT2D eigenvalue weighted by Gasteiger charge is -2.11. The minimum absolute atomic E-state index is 0.363. The molecule has 0 aliphatic heterocycles.